The van der Waals surface area contributed by atoms with E-state index in [0.717, 1.165) is 23.3 Å². The first kappa shape index (κ1) is 19.6. The number of halogens is 2. The summed E-state index contributed by atoms with van der Waals surface area (Å²) in [5.74, 6) is 0.738. The molecule has 6 nitrogen and oxygen atoms in total. The van der Waals surface area contributed by atoms with Gasteiger partial charge in [-0.05, 0) is 25.1 Å². The lowest BCUT2D eigenvalue weighted by Gasteiger charge is -2.15. The molecule has 0 bridgehead atoms. The molecule has 0 amide bonds. The first-order chi connectivity index (χ1) is 13.5. The topological polar surface area (TPSA) is 63.0 Å². The summed E-state index contributed by atoms with van der Waals surface area (Å²) in [5, 5.41) is 6.34. The quantitative estimate of drug-likeness (QED) is 0.483. The number of pyridine rings is 1. The molecule has 0 radical (unpaired) electrons. The molecule has 2 heterocycles. The van der Waals surface area contributed by atoms with Crippen molar-refractivity contribution in [2.24, 2.45) is 4.99 Å². The van der Waals surface area contributed by atoms with E-state index in [2.05, 4.69) is 25.3 Å². The fourth-order valence-electron chi connectivity index (χ4n) is 2.87. The van der Waals surface area contributed by atoms with Crippen molar-refractivity contribution in [3.63, 3.8) is 0 Å². The Balaban J connectivity index is 1.54. The first-order valence-corrected chi connectivity index (χ1v) is 8.96. The second-order valence-corrected chi connectivity index (χ2v) is 6.29. The van der Waals surface area contributed by atoms with Gasteiger partial charge in [0.05, 0.1) is 5.69 Å². The molecule has 8 heteroatoms. The minimum absolute atomic E-state index is 0.160. The van der Waals surface area contributed by atoms with Crippen LogP contribution in [0.2, 0.25) is 0 Å². The number of aliphatic imine (C=N–C) groups is 1. The summed E-state index contributed by atoms with van der Waals surface area (Å²) in [6.07, 6.45) is 4.68. The molecule has 1 aromatic carbocycles. The van der Waals surface area contributed by atoms with E-state index in [-0.39, 0.29) is 5.75 Å². The minimum Gasteiger partial charge on any atom is -0.434 e. The van der Waals surface area contributed by atoms with E-state index < -0.39 is 6.61 Å². The molecule has 3 rings (SSSR count). The molecule has 0 aliphatic heterocycles. The Labute approximate surface area is 162 Å². The molecule has 0 saturated carbocycles. The number of alkyl halides is 2. The van der Waals surface area contributed by atoms with Gasteiger partial charge in [-0.15, -0.1) is 0 Å². The van der Waals surface area contributed by atoms with Crippen LogP contribution in [0, 0.1) is 6.92 Å². The average Bonchev–Trinajstić information content (AvgIpc) is 3.08. The Bertz CT molecular complexity index is 922. The SMILES string of the molecule is CN=C(NCCc1cn2ccccc2n1)NCc1cc(C)ccc1OC(F)F. The summed E-state index contributed by atoms with van der Waals surface area (Å²) in [6, 6.07) is 11.0. The van der Waals surface area contributed by atoms with Gasteiger partial charge in [0, 0.05) is 44.5 Å². The molecular weight excluding hydrogens is 364 g/mol. The monoisotopic (exact) mass is 387 g/mol. The Morgan fingerprint density at radius 3 is 2.86 bits per heavy atom. The van der Waals surface area contributed by atoms with Crippen LogP contribution in [-0.4, -0.2) is 35.5 Å². The van der Waals surface area contributed by atoms with Crippen molar-refractivity contribution in [3.05, 3.63) is 65.6 Å². The number of guanidine groups is 1. The van der Waals surface area contributed by atoms with Crippen molar-refractivity contribution in [2.75, 3.05) is 13.6 Å². The lowest BCUT2D eigenvalue weighted by molar-refractivity contribution is -0.0504. The number of aromatic nitrogens is 2. The molecule has 0 atom stereocenters. The van der Waals surface area contributed by atoms with Gasteiger partial charge >= 0.3 is 6.61 Å². The third-order valence-electron chi connectivity index (χ3n) is 4.19. The Kier molecular flexibility index (Phi) is 6.41. The molecule has 0 saturated heterocycles. The number of imidazole rings is 1. The van der Waals surface area contributed by atoms with Crippen LogP contribution in [0.25, 0.3) is 5.65 Å². The second-order valence-electron chi connectivity index (χ2n) is 6.29. The summed E-state index contributed by atoms with van der Waals surface area (Å²) in [5.41, 5.74) is 3.49. The van der Waals surface area contributed by atoms with Gasteiger partial charge in [0.25, 0.3) is 0 Å². The number of rotatable bonds is 7. The highest BCUT2D eigenvalue weighted by atomic mass is 19.3. The van der Waals surface area contributed by atoms with Crippen LogP contribution in [0.5, 0.6) is 5.75 Å². The Morgan fingerprint density at radius 1 is 1.25 bits per heavy atom. The summed E-state index contributed by atoms with van der Waals surface area (Å²) in [6.45, 7) is -0.00283. The maximum absolute atomic E-state index is 12.6. The lowest BCUT2D eigenvalue weighted by atomic mass is 10.1. The number of aryl methyl sites for hydroxylation is 1. The predicted molar refractivity (Wildman–Crippen MR) is 105 cm³/mol. The van der Waals surface area contributed by atoms with E-state index in [0.29, 0.717) is 24.6 Å². The first-order valence-electron chi connectivity index (χ1n) is 8.96. The van der Waals surface area contributed by atoms with Gasteiger partial charge in [-0.2, -0.15) is 8.78 Å². The second kappa shape index (κ2) is 9.16. The fraction of sp³-hybridized carbons (Fsp3) is 0.300. The van der Waals surface area contributed by atoms with E-state index in [1.165, 1.54) is 0 Å². The average molecular weight is 387 g/mol. The van der Waals surface area contributed by atoms with Crippen molar-refractivity contribution in [1.29, 1.82) is 0 Å². The van der Waals surface area contributed by atoms with Gasteiger partial charge in [-0.3, -0.25) is 4.99 Å². The van der Waals surface area contributed by atoms with Crippen molar-refractivity contribution >= 4 is 11.6 Å². The molecule has 0 aliphatic carbocycles. The highest BCUT2D eigenvalue weighted by Gasteiger charge is 2.10. The number of nitrogens with zero attached hydrogens (tertiary/aromatic N) is 3. The van der Waals surface area contributed by atoms with Crippen LogP contribution in [0.4, 0.5) is 8.78 Å². The molecule has 3 aromatic rings. The normalized spacial score (nSPS) is 11.8. The van der Waals surface area contributed by atoms with Crippen LogP contribution >= 0.6 is 0 Å². The lowest BCUT2D eigenvalue weighted by Crippen LogP contribution is -2.38. The molecule has 28 heavy (non-hydrogen) atoms. The highest BCUT2D eigenvalue weighted by Crippen LogP contribution is 2.21. The van der Waals surface area contributed by atoms with Crippen LogP contribution < -0.4 is 15.4 Å². The maximum Gasteiger partial charge on any atom is 0.387 e. The van der Waals surface area contributed by atoms with E-state index in [1.54, 1.807) is 19.2 Å². The zero-order valence-electron chi connectivity index (χ0n) is 15.8. The van der Waals surface area contributed by atoms with E-state index in [1.807, 2.05) is 48.0 Å². The molecule has 0 aliphatic rings. The van der Waals surface area contributed by atoms with Crippen molar-refractivity contribution in [3.8, 4) is 5.75 Å². The number of nitrogens with one attached hydrogen (secondary N) is 2. The standard InChI is InChI=1S/C20H23F2N5O/c1-14-6-7-17(28-19(21)22)15(11-14)12-25-20(23-2)24-9-8-16-13-27-10-4-3-5-18(27)26-16/h3-7,10-11,13,19H,8-9,12H2,1-2H3,(H2,23,24,25). The summed E-state index contributed by atoms with van der Waals surface area (Å²) >= 11 is 0. The van der Waals surface area contributed by atoms with E-state index >= 15 is 0 Å². The number of hydrogen-bond donors (Lipinski definition) is 2. The number of ether oxygens (including phenoxy) is 1. The largest absolute Gasteiger partial charge is 0.434 e. The molecule has 0 fully saturated rings. The van der Waals surface area contributed by atoms with Crippen LogP contribution in [0.3, 0.4) is 0 Å². The third kappa shape index (κ3) is 5.18. The van der Waals surface area contributed by atoms with Gasteiger partial charge in [0.1, 0.15) is 11.4 Å². The maximum atomic E-state index is 12.6. The van der Waals surface area contributed by atoms with Gasteiger partial charge in [-0.1, -0.05) is 23.8 Å². The molecule has 0 spiro atoms. The van der Waals surface area contributed by atoms with Crippen molar-refractivity contribution in [2.45, 2.75) is 26.5 Å². The molecule has 148 valence electrons. The van der Waals surface area contributed by atoms with E-state index in [9.17, 15) is 8.78 Å². The van der Waals surface area contributed by atoms with E-state index in [4.69, 9.17) is 0 Å². The van der Waals surface area contributed by atoms with Gasteiger partial charge < -0.3 is 19.8 Å². The summed E-state index contributed by atoms with van der Waals surface area (Å²) in [7, 11) is 1.66. The third-order valence-corrected chi connectivity index (χ3v) is 4.19. The van der Waals surface area contributed by atoms with Crippen molar-refractivity contribution < 1.29 is 13.5 Å². The van der Waals surface area contributed by atoms with Gasteiger partial charge in [-0.25, -0.2) is 4.98 Å². The fourth-order valence-corrected chi connectivity index (χ4v) is 2.87. The predicted octanol–water partition coefficient (Wildman–Crippen LogP) is 3.15. The summed E-state index contributed by atoms with van der Waals surface area (Å²) in [4.78, 5) is 8.72. The smallest absolute Gasteiger partial charge is 0.387 e. The Morgan fingerprint density at radius 2 is 2.11 bits per heavy atom. The number of benzene rings is 1. The Hall–Kier alpha value is -3.16. The molecule has 2 aromatic heterocycles. The molecule has 0 unspecified atom stereocenters. The zero-order chi connectivity index (χ0) is 19.9. The van der Waals surface area contributed by atoms with Crippen LogP contribution in [-0.2, 0) is 13.0 Å². The summed E-state index contributed by atoms with van der Waals surface area (Å²) < 4.78 is 31.7. The number of fused-ring (bicyclic) bond motifs is 1. The minimum atomic E-state index is -2.86. The molecule has 2 N–H and O–H groups in total. The van der Waals surface area contributed by atoms with Gasteiger partial charge in [0.15, 0.2) is 5.96 Å². The highest BCUT2D eigenvalue weighted by molar-refractivity contribution is 5.79. The zero-order valence-corrected chi connectivity index (χ0v) is 15.8. The number of hydrogen-bond acceptors (Lipinski definition) is 3. The van der Waals surface area contributed by atoms with Crippen molar-refractivity contribution in [1.82, 2.24) is 20.0 Å². The van der Waals surface area contributed by atoms with Crippen LogP contribution in [0.15, 0.2) is 53.8 Å². The molecular formula is C20H23F2N5O. The van der Waals surface area contributed by atoms with Gasteiger partial charge in [0.2, 0.25) is 0 Å². The van der Waals surface area contributed by atoms with Crippen LogP contribution in [0.1, 0.15) is 16.8 Å².